The zero-order valence-electron chi connectivity index (χ0n) is 14.0. The van der Waals surface area contributed by atoms with Gasteiger partial charge in [0.1, 0.15) is 5.69 Å². The summed E-state index contributed by atoms with van der Waals surface area (Å²) in [7, 11) is 0. The summed E-state index contributed by atoms with van der Waals surface area (Å²) in [6.07, 6.45) is 0.294. The van der Waals surface area contributed by atoms with E-state index in [4.69, 9.17) is 15.6 Å². The van der Waals surface area contributed by atoms with E-state index in [9.17, 15) is 9.59 Å². The van der Waals surface area contributed by atoms with Gasteiger partial charge in [0, 0.05) is 17.4 Å². The second kappa shape index (κ2) is 7.65. The van der Waals surface area contributed by atoms with Crippen molar-refractivity contribution in [2.24, 2.45) is 5.73 Å². The highest BCUT2D eigenvalue weighted by molar-refractivity contribution is 6.09. The molecule has 2 aromatic carbocycles. The van der Waals surface area contributed by atoms with Gasteiger partial charge in [0.25, 0.3) is 5.91 Å². The van der Waals surface area contributed by atoms with Crippen LogP contribution in [0.4, 0.5) is 0 Å². The Morgan fingerprint density at radius 2 is 1.73 bits per heavy atom. The third-order valence-corrected chi connectivity index (χ3v) is 3.92. The molecule has 0 spiro atoms. The summed E-state index contributed by atoms with van der Waals surface area (Å²) in [5.74, 6) is -1.23. The fraction of sp³-hybridized carbons (Fsp3) is 0.150. The van der Waals surface area contributed by atoms with Crippen LogP contribution in [0.25, 0.3) is 22.2 Å². The number of carboxylic acids is 1. The molecule has 0 aliphatic heterocycles. The molecule has 0 aliphatic rings. The van der Waals surface area contributed by atoms with Crippen molar-refractivity contribution in [2.45, 2.75) is 12.8 Å². The zero-order valence-corrected chi connectivity index (χ0v) is 14.0. The molecule has 0 aliphatic carbocycles. The first-order valence-corrected chi connectivity index (χ1v) is 8.20. The van der Waals surface area contributed by atoms with Crippen LogP contribution in [0.1, 0.15) is 23.2 Å². The SMILES string of the molecule is NC(=O)c1c(OCCCC(=O)O)c(-c2ccccc2)nc2ccccc12. The van der Waals surface area contributed by atoms with E-state index >= 15 is 0 Å². The molecule has 1 aromatic heterocycles. The number of carbonyl (C=O) groups excluding carboxylic acids is 1. The Labute approximate surface area is 150 Å². The number of hydrogen-bond donors (Lipinski definition) is 2. The fourth-order valence-corrected chi connectivity index (χ4v) is 2.77. The van der Waals surface area contributed by atoms with Crippen LogP contribution in [0, 0.1) is 0 Å². The number of pyridine rings is 1. The molecule has 0 atom stereocenters. The molecule has 3 N–H and O–H groups in total. The number of amides is 1. The summed E-state index contributed by atoms with van der Waals surface area (Å²) < 4.78 is 5.82. The lowest BCUT2D eigenvalue weighted by Crippen LogP contribution is -2.16. The van der Waals surface area contributed by atoms with Crippen LogP contribution in [0.3, 0.4) is 0 Å². The minimum atomic E-state index is -0.899. The Balaban J connectivity index is 2.14. The summed E-state index contributed by atoms with van der Waals surface area (Å²) in [6.45, 7) is 0.145. The monoisotopic (exact) mass is 350 g/mol. The van der Waals surface area contributed by atoms with Crippen LogP contribution in [0.2, 0.25) is 0 Å². The van der Waals surface area contributed by atoms with Gasteiger partial charge in [0.15, 0.2) is 5.75 Å². The third kappa shape index (κ3) is 3.64. The van der Waals surface area contributed by atoms with Crippen molar-refractivity contribution in [3.05, 3.63) is 60.2 Å². The van der Waals surface area contributed by atoms with Crippen LogP contribution >= 0.6 is 0 Å². The molecule has 0 saturated heterocycles. The van der Waals surface area contributed by atoms with Crippen molar-refractivity contribution < 1.29 is 19.4 Å². The predicted octanol–water partition coefficient (Wildman–Crippen LogP) is 3.24. The normalized spacial score (nSPS) is 10.6. The first kappa shape index (κ1) is 17.4. The maximum absolute atomic E-state index is 12.2. The van der Waals surface area contributed by atoms with E-state index in [0.29, 0.717) is 23.0 Å². The van der Waals surface area contributed by atoms with Crippen LogP contribution in [-0.4, -0.2) is 28.6 Å². The summed E-state index contributed by atoms with van der Waals surface area (Å²) in [6, 6.07) is 16.6. The van der Waals surface area contributed by atoms with Crippen LogP contribution < -0.4 is 10.5 Å². The molecule has 3 aromatic rings. The molecule has 132 valence electrons. The molecule has 1 heterocycles. The van der Waals surface area contributed by atoms with Crippen molar-refractivity contribution in [3.63, 3.8) is 0 Å². The third-order valence-electron chi connectivity index (χ3n) is 3.92. The fourth-order valence-electron chi connectivity index (χ4n) is 2.77. The summed E-state index contributed by atoms with van der Waals surface area (Å²) in [4.78, 5) is 27.5. The van der Waals surface area contributed by atoms with Crippen molar-refractivity contribution in [1.82, 2.24) is 4.98 Å². The minimum absolute atomic E-state index is 0.0203. The van der Waals surface area contributed by atoms with E-state index in [1.54, 1.807) is 12.1 Å². The van der Waals surface area contributed by atoms with E-state index in [0.717, 1.165) is 5.56 Å². The number of carbonyl (C=O) groups is 2. The number of nitrogens with zero attached hydrogens (tertiary/aromatic N) is 1. The summed E-state index contributed by atoms with van der Waals surface area (Å²) in [5, 5.41) is 9.39. The Bertz CT molecular complexity index is 955. The summed E-state index contributed by atoms with van der Waals surface area (Å²) >= 11 is 0. The van der Waals surface area contributed by atoms with Gasteiger partial charge in [-0.25, -0.2) is 4.98 Å². The first-order chi connectivity index (χ1) is 12.6. The second-order valence-electron chi connectivity index (χ2n) is 5.76. The van der Waals surface area contributed by atoms with Crippen LogP contribution in [0.15, 0.2) is 54.6 Å². The van der Waals surface area contributed by atoms with Crippen molar-refractivity contribution in [2.75, 3.05) is 6.61 Å². The molecule has 26 heavy (non-hydrogen) atoms. The Morgan fingerprint density at radius 3 is 2.42 bits per heavy atom. The second-order valence-corrected chi connectivity index (χ2v) is 5.76. The number of aromatic nitrogens is 1. The number of para-hydroxylation sites is 1. The topological polar surface area (TPSA) is 103 Å². The number of carboxylic acid groups (broad SMARTS) is 1. The molecule has 6 nitrogen and oxygen atoms in total. The van der Waals surface area contributed by atoms with Crippen LogP contribution in [-0.2, 0) is 4.79 Å². The summed E-state index contributed by atoms with van der Waals surface area (Å²) in [5.41, 5.74) is 7.82. The lowest BCUT2D eigenvalue weighted by Gasteiger charge is -2.16. The van der Waals surface area contributed by atoms with Gasteiger partial charge in [0.05, 0.1) is 17.7 Å². The van der Waals surface area contributed by atoms with E-state index in [1.165, 1.54) is 0 Å². The van der Waals surface area contributed by atoms with Gasteiger partial charge in [-0.1, -0.05) is 48.5 Å². The van der Waals surface area contributed by atoms with E-state index in [1.807, 2.05) is 42.5 Å². The predicted molar refractivity (Wildman–Crippen MR) is 98.1 cm³/mol. The van der Waals surface area contributed by atoms with Crippen molar-refractivity contribution >= 4 is 22.8 Å². The highest BCUT2D eigenvalue weighted by Crippen LogP contribution is 2.36. The quantitative estimate of drug-likeness (QED) is 0.637. The molecule has 0 radical (unpaired) electrons. The lowest BCUT2D eigenvalue weighted by atomic mass is 10.0. The maximum Gasteiger partial charge on any atom is 0.303 e. The smallest absolute Gasteiger partial charge is 0.303 e. The number of primary amides is 1. The number of aliphatic carboxylic acids is 1. The molecule has 1 amide bonds. The minimum Gasteiger partial charge on any atom is -0.490 e. The Kier molecular flexibility index (Phi) is 5.12. The molecule has 0 saturated carbocycles. The molecule has 0 bridgehead atoms. The van der Waals surface area contributed by atoms with Gasteiger partial charge in [-0.2, -0.15) is 0 Å². The average molecular weight is 350 g/mol. The number of hydrogen-bond acceptors (Lipinski definition) is 4. The molecule has 6 heteroatoms. The van der Waals surface area contributed by atoms with Gasteiger partial charge in [0.2, 0.25) is 0 Å². The van der Waals surface area contributed by atoms with E-state index in [-0.39, 0.29) is 24.3 Å². The largest absolute Gasteiger partial charge is 0.490 e. The van der Waals surface area contributed by atoms with Crippen LogP contribution in [0.5, 0.6) is 5.75 Å². The Morgan fingerprint density at radius 1 is 1.04 bits per heavy atom. The first-order valence-electron chi connectivity index (χ1n) is 8.20. The number of rotatable bonds is 7. The number of ether oxygens (including phenoxy) is 1. The van der Waals surface area contributed by atoms with Gasteiger partial charge in [-0.05, 0) is 12.5 Å². The van der Waals surface area contributed by atoms with Gasteiger partial charge in [-0.15, -0.1) is 0 Å². The average Bonchev–Trinajstić information content (AvgIpc) is 2.64. The standard InChI is InChI=1S/C20H18N2O4/c21-20(25)17-14-9-4-5-10-15(14)22-18(13-7-2-1-3-8-13)19(17)26-12-6-11-16(23)24/h1-5,7-10H,6,11-12H2,(H2,21,25)(H,23,24). The lowest BCUT2D eigenvalue weighted by molar-refractivity contribution is -0.137. The van der Waals surface area contributed by atoms with Gasteiger partial charge in [-0.3, -0.25) is 9.59 Å². The number of nitrogens with two attached hydrogens (primary N) is 1. The number of benzene rings is 2. The van der Waals surface area contributed by atoms with Gasteiger partial charge < -0.3 is 15.6 Å². The van der Waals surface area contributed by atoms with Crippen molar-refractivity contribution in [3.8, 4) is 17.0 Å². The van der Waals surface area contributed by atoms with E-state index < -0.39 is 11.9 Å². The molecule has 3 rings (SSSR count). The molecular formula is C20H18N2O4. The van der Waals surface area contributed by atoms with Crippen molar-refractivity contribution in [1.29, 1.82) is 0 Å². The van der Waals surface area contributed by atoms with Gasteiger partial charge >= 0.3 is 5.97 Å². The number of fused-ring (bicyclic) bond motifs is 1. The maximum atomic E-state index is 12.2. The Hall–Kier alpha value is -3.41. The highest BCUT2D eigenvalue weighted by Gasteiger charge is 2.21. The highest BCUT2D eigenvalue weighted by atomic mass is 16.5. The molecular weight excluding hydrogens is 332 g/mol. The zero-order chi connectivity index (χ0) is 18.5. The van der Waals surface area contributed by atoms with E-state index in [2.05, 4.69) is 4.98 Å². The molecule has 0 unspecified atom stereocenters. The molecule has 0 fully saturated rings.